The van der Waals surface area contributed by atoms with E-state index in [0.29, 0.717) is 17.8 Å². The van der Waals surface area contributed by atoms with Gasteiger partial charge in [-0.2, -0.15) is 0 Å². The molecule has 0 saturated carbocycles. The molecule has 0 bridgehead atoms. The largest absolute Gasteiger partial charge is 0.389 e. The molecule has 1 aliphatic carbocycles. The Morgan fingerprint density at radius 3 is 2.62 bits per heavy atom. The van der Waals surface area contributed by atoms with Gasteiger partial charge in [0.1, 0.15) is 0 Å². The third-order valence-corrected chi connectivity index (χ3v) is 3.57. The number of allylic oxidation sites excluding steroid dienone is 3. The Bertz CT molecular complexity index is 263. The molecule has 0 aromatic heterocycles. The van der Waals surface area contributed by atoms with Crippen molar-refractivity contribution in [2.24, 2.45) is 17.8 Å². The fourth-order valence-corrected chi connectivity index (χ4v) is 2.10. The van der Waals surface area contributed by atoms with Gasteiger partial charge in [-0.1, -0.05) is 51.5 Å². The van der Waals surface area contributed by atoms with Crippen LogP contribution in [-0.2, 0) is 0 Å². The summed E-state index contributed by atoms with van der Waals surface area (Å²) in [4.78, 5) is 0. The molecule has 0 aliphatic heterocycles. The second-order valence-electron chi connectivity index (χ2n) is 5.54. The van der Waals surface area contributed by atoms with E-state index in [-0.39, 0.29) is 6.10 Å². The van der Waals surface area contributed by atoms with E-state index in [4.69, 9.17) is 0 Å². The molecule has 1 heteroatoms. The fourth-order valence-electron chi connectivity index (χ4n) is 2.10. The first-order chi connectivity index (χ1) is 7.50. The predicted octanol–water partition coefficient (Wildman–Crippen LogP) is 3.94. The normalized spacial score (nSPS) is 37.9. The third kappa shape index (κ3) is 4.13. The molecule has 0 heterocycles. The zero-order valence-corrected chi connectivity index (χ0v) is 11.1. The van der Waals surface area contributed by atoms with Crippen molar-refractivity contribution in [1.82, 2.24) is 0 Å². The summed E-state index contributed by atoms with van der Waals surface area (Å²) in [6.45, 7) is 8.83. The monoisotopic (exact) mass is 222 g/mol. The molecular formula is C15H26O. The summed E-state index contributed by atoms with van der Waals surface area (Å²) in [7, 11) is 0. The molecule has 1 aliphatic rings. The maximum absolute atomic E-state index is 10.1. The molecule has 0 aromatic rings. The molecule has 0 unspecified atom stereocenters. The number of aliphatic hydroxyl groups is 1. The smallest absolute Gasteiger partial charge is 0.0752 e. The highest BCUT2D eigenvalue weighted by atomic mass is 16.3. The molecule has 0 fully saturated rings. The molecule has 3 atom stereocenters. The molecule has 92 valence electrons. The summed E-state index contributed by atoms with van der Waals surface area (Å²) < 4.78 is 0. The highest BCUT2D eigenvalue weighted by Crippen LogP contribution is 2.24. The predicted molar refractivity (Wildman–Crippen MR) is 70.2 cm³/mol. The first-order valence-electron chi connectivity index (χ1n) is 6.56. The average Bonchev–Trinajstić information content (AvgIpc) is 2.22. The van der Waals surface area contributed by atoms with E-state index in [1.165, 1.54) is 12.0 Å². The van der Waals surface area contributed by atoms with Crippen LogP contribution in [-0.4, -0.2) is 11.2 Å². The Morgan fingerprint density at radius 1 is 1.31 bits per heavy atom. The van der Waals surface area contributed by atoms with E-state index in [2.05, 4.69) is 45.9 Å². The van der Waals surface area contributed by atoms with Crippen LogP contribution < -0.4 is 0 Å². The summed E-state index contributed by atoms with van der Waals surface area (Å²) in [6, 6.07) is 0. The van der Waals surface area contributed by atoms with Gasteiger partial charge in [-0.25, -0.2) is 0 Å². The molecule has 0 radical (unpaired) electrons. The van der Waals surface area contributed by atoms with Crippen LogP contribution in [0.15, 0.2) is 23.8 Å². The van der Waals surface area contributed by atoms with Crippen LogP contribution in [0.4, 0.5) is 0 Å². The molecule has 0 aromatic carbocycles. The van der Waals surface area contributed by atoms with E-state index < -0.39 is 0 Å². The first kappa shape index (κ1) is 13.5. The molecule has 1 N–H and O–H groups in total. The lowest BCUT2D eigenvalue weighted by molar-refractivity contribution is 0.161. The molecular weight excluding hydrogens is 196 g/mol. The van der Waals surface area contributed by atoms with Crippen molar-refractivity contribution in [1.29, 1.82) is 0 Å². The Hall–Kier alpha value is -0.560. The minimum absolute atomic E-state index is 0.282. The zero-order valence-electron chi connectivity index (χ0n) is 11.1. The second kappa shape index (κ2) is 6.24. The van der Waals surface area contributed by atoms with Gasteiger partial charge in [0, 0.05) is 0 Å². The lowest BCUT2D eigenvalue weighted by Gasteiger charge is -2.20. The molecule has 1 rings (SSSR count). The Labute approximate surface area is 100 Å². The second-order valence-corrected chi connectivity index (χ2v) is 5.54. The number of aliphatic hydroxyl groups excluding tert-OH is 1. The van der Waals surface area contributed by atoms with Crippen molar-refractivity contribution in [2.75, 3.05) is 0 Å². The van der Waals surface area contributed by atoms with E-state index in [1.807, 2.05) is 0 Å². The van der Waals surface area contributed by atoms with Gasteiger partial charge >= 0.3 is 0 Å². The van der Waals surface area contributed by atoms with E-state index in [9.17, 15) is 5.11 Å². The maximum atomic E-state index is 10.1. The van der Waals surface area contributed by atoms with Crippen LogP contribution in [0.25, 0.3) is 0 Å². The van der Waals surface area contributed by atoms with E-state index in [0.717, 1.165) is 12.8 Å². The van der Waals surface area contributed by atoms with Gasteiger partial charge in [0.05, 0.1) is 6.10 Å². The topological polar surface area (TPSA) is 20.2 Å². The van der Waals surface area contributed by atoms with Gasteiger partial charge < -0.3 is 5.11 Å². The summed E-state index contributed by atoms with van der Waals surface area (Å²) in [6.07, 6.45) is 9.64. The zero-order chi connectivity index (χ0) is 12.1. The van der Waals surface area contributed by atoms with Crippen molar-refractivity contribution < 1.29 is 5.11 Å². The van der Waals surface area contributed by atoms with Crippen LogP contribution in [0, 0.1) is 17.8 Å². The summed E-state index contributed by atoms with van der Waals surface area (Å²) >= 11 is 0. The standard InChI is InChI=1S/C15H26O/c1-11(2)14-9-8-12(3)6-5-7-13(4)15(16)10-14/h5-6,10-13,15-16H,7-9H2,1-4H3/b6-5+,14-10+/t12-,13+,15+/m1/s1. The molecule has 1 nitrogen and oxygen atoms in total. The molecule has 16 heavy (non-hydrogen) atoms. The van der Waals surface area contributed by atoms with E-state index >= 15 is 0 Å². The van der Waals surface area contributed by atoms with Gasteiger partial charge in [0.25, 0.3) is 0 Å². The van der Waals surface area contributed by atoms with Crippen molar-refractivity contribution in [3.8, 4) is 0 Å². The minimum Gasteiger partial charge on any atom is -0.389 e. The fraction of sp³-hybridized carbons (Fsp3) is 0.733. The Balaban J connectivity index is 2.80. The quantitative estimate of drug-likeness (QED) is 0.666. The van der Waals surface area contributed by atoms with Crippen molar-refractivity contribution in [2.45, 2.75) is 53.1 Å². The molecule has 0 saturated heterocycles. The average molecular weight is 222 g/mol. The van der Waals surface area contributed by atoms with Crippen LogP contribution in [0.1, 0.15) is 47.0 Å². The SMILES string of the molecule is CC(C)/C1=C/[C@H](O)[C@@H](C)C/C=C/[C@@H](C)CC1. The van der Waals surface area contributed by atoms with Crippen LogP contribution in [0.2, 0.25) is 0 Å². The van der Waals surface area contributed by atoms with Crippen LogP contribution in [0.5, 0.6) is 0 Å². The maximum Gasteiger partial charge on any atom is 0.0752 e. The minimum atomic E-state index is -0.282. The summed E-state index contributed by atoms with van der Waals surface area (Å²) in [5.74, 6) is 1.54. The lowest BCUT2D eigenvalue weighted by Crippen LogP contribution is -2.16. The third-order valence-electron chi connectivity index (χ3n) is 3.57. The highest BCUT2D eigenvalue weighted by molar-refractivity contribution is 5.10. The van der Waals surface area contributed by atoms with Crippen molar-refractivity contribution in [3.05, 3.63) is 23.8 Å². The van der Waals surface area contributed by atoms with Crippen LogP contribution in [0.3, 0.4) is 0 Å². The van der Waals surface area contributed by atoms with E-state index in [1.54, 1.807) is 0 Å². The van der Waals surface area contributed by atoms with Gasteiger partial charge in [-0.3, -0.25) is 0 Å². The van der Waals surface area contributed by atoms with Gasteiger partial charge in [-0.05, 0) is 37.0 Å². The Kier molecular flexibility index (Phi) is 5.27. The first-order valence-corrected chi connectivity index (χ1v) is 6.56. The van der Waals surface area contributed by atoms with Crippen LogP contribution >= 0.6 is 0 Å². The lowest BCUT2D eigenvalue weighted by atomic mass is 9.88. The number of hydrogen-bond acceptors (Lipinski definition) is 1. The van der Waals surface area contributed by atoms with Gasteiger partial charge in [0.2, 0.25) is 0 Å². The van der Waals surface area contributed by atoms with Crippen molar-refractivity contribution in [3.63, 3.8) is 0 Å². The number of rotatable bonds is 1. The Morgan fingerprint density at radius 2 is 2.00 bits per heavy atom. The van der Waals surface area contributed by atoms with Gasteiger partial charge in [0.15, 0.2) is 0 Å². The van der Waals surface area contributed by atoms with Gasteiger partial charge in [-0.15, -0.1) is 0 Å². The molecule has 0 spiro atoms. The molecule has 0 amide bonds. The summed E-state index contributed by atoms with van der Waals surface area (Å²) in [5.41, 5.74) is 1.42. The number of hydrogen-bond donors (Lipinski definition) is 1. The van der Waals surface area contributed by atoms with Crippen molar-refractivity contribution >= 4 is 0 Å². The highest BCUT2D eigenvalue weighted by Gasteiger charge is 2.15. The summed E-state index contributed by atoms with van der Waals surface area (Å²) in [5, 5.41) is 10.1.